The molecule has 0 fully saturated rings. The van der Waals surface area contributed by atoms with Crippen LogP contribution in [-0.2, 0) is 6.54 Å². The third-order valence-electron chi connectivity index (χ3n) is 3.45. The SMILES string of the molecule is CC(C)CNCc1cc(OCC(C)(C)N(C)C)ccn1. The molecule has 1 heterocycles. The third kappa shape index (κ3) is 5.88. The van der Waals surface area contributed by atoms with Crippen LogP contribution in [-0.4, -0.2) is 42.7 Å². The van der Waals surface area contributed by atoms with E-state index in [2.05, 4.69) is 57.0 Å². The Balaban J connectivity index is 2.51. The van der Waals surface area contributed by atoms with Gasteiger partial charge in [0.25, 0.3) is 0 Å². The molecule has 4 nitrogen and oxygen atoms in total. The Morgan fingerprint density at radius 3 is 2.65 bits per heavy atom. The van der Waals surface area contributed by atoms with Crippen LogP contribution in [0.5, 0.6) is 5.75 Å². The van der Waals surface area contributed by atoms with E-state index in [1.54, 1.807) is 0 Å². The molecule has 0 saturated heterocycles. The maximum atomic E-state index is 5.89. The van der Waals surface area contributed by atoms with Crippen molar-refractivity contribution in [1.29, 1.82) is 0 Å². The van der Waals surface area contributed by atoms with Gasteiger partial charge in [-0.2, -0.15) is 0 Å². The topological polar surface area (TPSA) is 37.4 Å². The van der Waals surface area contributed by atoms with E-state index in [0.29, 0.717) is 12.5 Å². The molecule has 0 atom stereocenters. The summed E-state index contributed by atoms with van der Waals surface area (Å²) in [7, 11) is 4.13. The number of hydrogen-bond donors (Lipinski definition) is 1. The highest BCUT2D eigenvalue weighted by atomic mass is 16.5. The fraction of sp³-hybridized carbons (Fsp3) is 0.688. The Morgan fingerprint density at radius 2 is 2.05 bits per heavy atom. The number of ether oxygens (including phenoxy) is 1. The zero-order chi connectivity index (χ0) is 15.2. The number of hydrogen-bond acceptors (Lipinski definition) is 4. The van der Waals surface area contributed by atoms with Crippen molar-refractivity contribution in [2.75, 3.05) is 27.2 Å². The lowest BCUT2D eigenvalue weighted by molar-refractivity contribution is 0.114. The fourth-order valence-corrected chi connectivity index (χ4v) is 1.52. The Labute approximate surface area is 123 Å². The first-order valence-corrected chi connectivity index (χ1v) is 7.27. The van der Waals surface area contributed by atoms with Gasteiger partial charge in [0.2, 0.25) is 0 Å². The Bertz CT molecular complexity index is 402. The Hall–Kier alpha value is -1.13. The van der Waals surface area contributed by atoms with Crippen LogP contribution in [0.15, 0.2) is 18.3 Å². The van der Waals surface area contributed by atoms with Crippen LogP contribution in [0.4, 0.5) is 0 Å². The molecule has 0 aliphatic heterocycles. The van der Waals surface area contributed by atoms with Crippen molar-refractivity contribution < 1.29 is 4.74 Å². The number of rotatable bonds is 8. The minimum atomic E-state index is 0.0132. The van der Waals surface area contributed by atoms with Crippen LogP contribution < -0.4 is 10.1 Å². The van der Waals surface area contributed by atoms with Gasteiger partial charge in [-0.3, -0.25) is 4.98 Å². The molecule has 1 rings (SSSR count). The summed E-state index contributed by atoms with van der Waals surface area (Å²) in [6, 6.07) is 3.93. The molecule has 20 heavy (non-hydrogen) atoms. The minimum Gasteiger partial charge on any atom is -0.492 e. The van der Waals surface area contributed by atoms with Gasteiger partial charge in [-0.1, -0.05) is 13.8 Å². The van der Waals surface area contributed by atoms with Crippen LogP contribution in [0.1, 0.15) is 33.4 Å². The van der Waals surface area contributed by atoms with E-state index < -0.39 is 0 Å². The molecule has 0 amide bonds. The smallest absolute Gasteiger partial charge is 0.122 e. The van der Waals surface area contributed by atoms with Crippen molar-refractivity contribution in [2.45, 2.75) is 39.8 Å². The molecule has 1 aromatic heterocycles. The molecular formula is C16H29N3O. The van der Waals surface area contributed by atoms with Gasteiger partial charge in [-0.25, -0.2) is 0 Å². The molecule has 1 N–H and O–H groups in total. The van der Waals surface area contributed by atoms with Gasteiger partial charge < -0.3 is 15.0 Å². The maximum Gasteiger partial charge on any atom is 0.122 e. The van der Waals surface area contributed by atoms with E-state index in [9.17, 15) is 0 Å². The average Bonchev–Trinajstić information content (AvgIpc) is 2.36. The average molecular weight is 279 g/mol. The monoisotopic (exact) mass is 279 g/mol. The fourth-order valence-electron chi connectivity index (χ4n) is 1.52. The number of likely N-dealkylation sites (N-methyl/N-ethyl adjacent to an activating group) is 1. The van der Waals surface area contributed by atoms with E-state index in [-0.39, 0.29) is 5.54 Å². The van der Waals surface area contributed by atoms with Crippen molar-refractivity contribution in [3.8, 4) is 5.75 Å². The number of pyridine rings is 1. The van der Waals surface area contributed by atoms with Gasteiger partial charge in [0.15, 0.2) is 0 Å². The normalized spacial score (nSPS) is 12.2. The first-order valence-electron chi connectivity index (χ1n) is 7.27. The van der Waals surface area contributed by atoms with Crippen LogP contribution in [0.25, 0.3) is 0 Å². The van der Waals surface area contributed by atoms with E-state index in [4.69, 9.17) is 4.74 Å². The Kier molecular flexibility index (Phi) is 6.43. The van der Waals surface area contributed by atoms with Crippen molar-refractivity contribution in [2.24, 2.45) is 5.92 Å². The van der Waals surface area contributed by atoms with Crippen LogP contribution in [0.3, 0.4) is 0 Å². The summed E-state index contributed by atoms with van der Waals surface area (Å²) >= 11 is 0. The first kappa shape index (κ1) is 16.9. The molecule has 0 aliphatic carbocycles. The molecule has 0 spiro atoms. The van der Waals surface area contributed by atoms with E-state index in [1.807, 2.05) is 18.3 Å². The Morgan fingerprint density at radius 1 is 1.35 bits per heavy atom. The molecule has 114 valence electrons. The van der Waals surface area contributed by atoms with Crippen molar-refractivity contribution in [1.82, 2.24) is 15.2 Å². The molecule has 0 aromatic carbocycles. The number of aromatic nitrogens is 1. The predicted octanol–water partition coefficient (Wildman–Crippen LogP) is 2.55. The van der Waals surface area contributed by atoms with E-state index >= 15 is 0 Å². The number of nitrogens with one attached hydrogen (secondary N) is 1. The second-order valence-electron chi connectivity index (χ2n) is 6.50. The third-order valence-corrected chi connectivity index (χ3v) is 3.45. The standard InChI is InChI=1S/C16H29N3O/c1-13(2)10-17-11-14-9-15(7-8-18-14)20-12-16(3,4)19(5)6/h7-9,13,17H,10-12H2,1-6H3. The van der Waals surface area contributed by atoms with Crippen molar-refractivity contribution in [3.63, 3.8) is 0 Å². The quantitative estimate of drug-likeness (QED) is 0.793. The highest BCUT2D eigenvalue weighted by Gasteiger charge is 2.21. The van der Waals surface area contributed by atoms with Crippen LogP contribution in [0.2, 0.25) is 0 Å². The van der Waals surface area contributed by atoms with Gasteiger partial charge in [-0.05, 0) is 46.5 Å². The molecule has 0 bridgehead atoms. The molecule has 0 unspecified atom stereocenters. The maximum absolute atomic E-state index is 5.89. The molecule has 0 aliphatic rings. The molecule has 1 aromatic rings. The van der Waals surface area contributed by atoms with Crippen LogP contribution >= 0.6 is 0 Å². The van der Waals surface area contributed by atoms with Gasteiger partial charge >= 0.3 is 0 Å². The van der Waals surface area contributed by atoms with E-state index in [1.165, 1.54) is 0 Å². The second kappa shape index (κ2) is 7.60. The summed E-state index contributed by atoms with van der Waals surface area (Å²) in [4.78, 5) is 6.53. The van der Waals surface area contributed by atoms with Gasteiger partial charge in [-0.15, -0.1) is 0 Å². The molecule has 4 heteroatoms. The lowest BCUT2D eigenvalue weighted by atomic mass is 10.1. The summed E-state index contributed by atoms with van der Waals surface area (Å²) in [5.41, 5.74) is 1.03. The first-order chi connectivity index (χ1) is 9.31. The van der Waals surface area contributed by atoms with Crippen molar-refractivity contribution in [3.05, 3.63) is 24.0 Å². The molecule has 0 radical (unpaired) electrons. The zero-order valence-electron chi connectivity index (χ0n) is 13.7. The summed E-state index contributed by atoms with van der Waals surface area (Å²) in [6.45, 7) is 11.2. The second-order valence-corrected chi connectivity index (χ2v) is 6.50. The minimum absolute atomic E-state index is 0.0132. The largest absolute Gasteiger partial charge is 0.492 e. The summed E-state index contributed by atoms with van der Waals surface area (Å²) < 4.78 is 5.89. The highest BCUT2D eigenvalue weighted by molar-refractivity contribution is 5.22. The lowest BCUT2D eigenvalue weighted by Gasteiger charge is -2.32. The summed E-state index contributed by atoms with van der Waals surface area (Å²) in [6.07, 6.45) is 1.81. The summed E-state index contributed by atoms with van der Waals surface area (Å²) in [5.74, 6) is 1.53. The van der Waals surface area contributed by atoms with Crippen LogP contribution in [0, 0.1) is 5.92 Å². The molecule has 0 saturated carbocycles. The molecular weight excluding hydrogens is 250 g/mol. The van der Waals surface area contributed by atoms with Gasteiger partial charge in [0.05, 0.1) is 5.69 Å². The predicted molar refractivity (Wildman–Crippen MR) is 84.0 cm³/mol. The van der Waals surface area contributed by atoms with Gasteiger partial charge in [0, 0.05) is 24.3 Å². The van der Waals surface area contributed by atoms with E-state index in [0.717, 1.165) is 24.5 Å². The summed E-state index contributed by atoms with van der Waals surface area (Å²) in [5, 5.41) is 3.39. The number of nitrogens with zero attached hydrogens (tertiary/aromatic N) is 2. The highest BCUT2D eigenvalue weighted by Crippen LogP contribution is 2.16. The van der Waals surface area contributed by atoms with Crippen molar-refractivity contribution >= 4 is 0 Å². The zero-order valence-corrected chi connectivity index (χ0v) is 13.7. The lowest BCUT2D eigenvalue weighted by Crippen LogP contribution is -2.43. The van der Waals surface area contributed by atoms with Gasteiger partial charge in [0.1, 0.15) is 12.4 Å².